The Bertz CT molecular complexity index is 1420. The molecule has 0 aromatic carbocycles. The number of esters is 3. The van der Waals surface area contributed by atoms with Crippen molar-refractivity contribution in [2.24, 2.45) is 0 Å². The van der Waals surface area contributed by atoms with Crippen LogP contribution < -0.4 is 0 Å². The zero-order valence-corrected chi connectivity index (χ0v) is 50.4. The quantitative estimate of drug-likeness (QED) is 0.0197. The van der Waals surface area contributed by atoms with Crippen molar-refractivity contribution < 1.29 is 52.2 Å². The maximum absolute atomic E-state index is 12.9. The summed E-state index contributed by atoms with van der Waals surface area (Å²) in [6.45, 7) is 4.64. The van der Waals surface area contributed by atoms with Crippen LogP contribution in [0.15, 0.2) is 36.5 Å². The predicted molar refractivity (Wildman–Crippen MR) is 316 cm³/mol. The summed E-state index contributed by atoms with van der Waals surface area (Å²) in [5.74, 6) is -1.46. The van der Waals surface area contributed by atoms with Gasteiger partial charge in [-0.1, -0.05) is 243 Å². The number of hydrogen-bond acceptors (Lipinski definition) is 10. The second kappa shape index (κ2) is 58.8. The lowest BCUT2D eigenvalue weighted by atomic mass is 10.1. The van der Waals surface area contributed by atoms with Gasteiger partial charge >= 0.3 is 25.7 Å². The Balaban J connectivity index is 4.67. The van der Waals surface area contributed by atoms with Gasteiger partial charge in [-0.15, -0.1) is 0 Å². The maximum Gasteiger partial charge on any atom is 0.472 e. The monoisotopic (exact) mass is 1090 g/mol. The summed E-state index contributed by atoms with van der Waals surface area (Å²) >= 11 is 0. The highest BCUT2D eigenvalue weighted by atomic mass is 31.2. The van der Waals surface area contributed by atoms with E-state index in [0.717, 1.165) is 77.0 Å². The smallest absolute Gasteiger partial charge is 0.462 e. The fourth-order valence-corrected chi connectivity index (χ4v) is 9.88. The van der Waals surface area contributed by atoms with Gasteiger partial charge in [-0.2, -0.15) is 0 Å². The van der Waals surface area contributed by atoms with Gasteiger partial charge in [0.15, 0.2) is 6.10 Å². The van der Waals surface area contributed by atoms with E-state index in [0.29, 0.717) is 19.3 Å². The standard InChI is InChI=1S/C64H119O11P/c1-4-7-10-13-16-19-22-24-26-28-30-32-34-36-39-41-44-47-50-53-62(66)71-57-61(75-64(68)55-52-49-46-43-40-37-35-33-31-29-27-25-23-20-17-14-11-8-5-2)59-73-76(69,70)72-58-60(56-65)74-63(67)54-51-48-45-42-38-21-18-15-12-9-6-3/h15,18,24-27,60-61,65H,4-14,16-17,19-23,28-59H2,1-3H3,(H,69,70)/b18-15-,26-24-,27-25-. The molecule has 0 radical (unpaired) electrons. The van der Waals surface area contributed by atoms with Crippen molar-refractivity contribution in [2.45, 2.75) is 328 Å². The van der Waals surface area contributed by atoms with Crippen LogP contribution in [0, 0.1) is 0 Å². The van der Waals surface area contributed by atoms with Crippen LogP contribution in [-0.4, -0.2) is 66.5 Å². The molecule has 0 saturated heterocycles. The number of rotatable bonds is 60. The van der Waals surface area contributed by atoms with E-state index < -0.39 is 57.8 Å². The molecule has 0 aliphatic heterocycles. The van der Waals surface area contributed by atoms with Gasteiger partial charge < -0.3 is 24.2 Å². The van der Waals surface area contributed by atoms with E-state index in [1.165, 1.54) is 180 Å². The highest BCUT2D eigenvalue weighted by molar-refractivity contribution is 7.47. The Kier molecular flexibility index (Phi) is 57.1. The van der Waals surface area contributed by atoms with Crippen molar-refractivity contribution in [2.75, 3.05) is 26.4 Å². The molecule has 0 aromatic rings. The molecule has 0 heterocycles. The van der Waals surface area contributed by atoms with Crippen LogP contribution >= 0.6 is 7.82 Å². The zero-order valence-electron chi connectivity index (χ0n) is 49.5. The van der Waals surface area contributed by atoms with E-state index in [1.807, 2.05) is 0 Å². The first-order valence-corrected chi connectivity index (χ1v) is 33.4. The van der Waals surface area contributed by atoms with Crippen LogP contribution in [0.1, 0.15) is 316 Å². The Morgan fingerprint density at radius 1 is 0.355 bits per heavy atom. The Morgan fingerprint density at radius 3 is 0.947 bits per heavy atom. The number of carbonyl (C=O) groups excluding carboxylic acids is 3. The molecule has 0 spiro atoms. The van der Waals surface area contributed by atoms with E-state index in [-0.39, 0.29) is 25.9 Å². The van der Waals surface area contributed by atoms with E-state index >= 15 is 0 Å². The lowest BCUT2D eigenvalue weighted by Gasteiger charge is -2.21. The number of ether oxygens (including phenoxy) is 3. The zero-order chi connectivity index (χ0) is 55.5. The first kappa shape index (κ1) is 73.7. The molecule has 2 N–H and O–H groups in total. The SMILES string of the molecule is CCCC/C=C\CCCCCCCC(=O)OC(CO)COP(=O)(O)OCC(COC(=O)CCCCCCCCCCC/C=C\CCCCCCCC)OC(=O)CCCCCCCCCCC/C=C\CCCCCCCC. The molecule has 0 aliphatic carbocycles. The van der Waals surface area contributed by atoms with E-state index in [9.17, 15) is 28.9 Å². The van der Waals surface area contributed by atoms with E-state index in [1.54, 1.807) is 0 Å². The van der Waals surface area contributed by atoms with Crippen molar-refractivity contribution in [1.29, 1.82) is 0 Å². The topological polar surface area (TPSA) is 155 Å². The molecule has 0 bridgehead atoms. The summed E-state index contributed by atoms with van der Waals surface area (Å²) < 4.78 is 39.6. The molecular weight excluding hydrogens is 976 g/mol. The average molecular weight is 1100 g/mol. The van der Waals surface area contributed by atoms with Crippen molar-refractivity contribution in [3.05, 3.63) is 36.5 Å². The van der Waals surface area contributed by atoms with Gasteiger partial charge in [0, 0.05) is 19.3 Å². The molecule has 11 nitrogen and oxygen atoms in total. The number of aliphatic hydroxyl groups excluding tert-OH is 1. The first-order chi connectivity index (χ1) is 37.2. The molecule has 0 aromatic heterocycles. The summed E-state index contributed by atoms with van der Waals surface area (Å²) in [4.78, 5) is 48.7. The number of aliphatic hydroxyl groups is 1. The number of hydrogen-bond donors (Lipinski definition) is 2. The molecule has 0 saturated carbocycles. The summed E-state index contributed by atoms with van der Waals surface area (Å²) in [5.41, 5.74) is 0. The van der Waals surface area contributed by atoms with Crippen molar-refractivity contribution in [1.82, 2.24) is 0 Å². The minimum Gasteiger partial charge on any atom is -0.462 e. The molecule has 3 unspecified atom stereocenters. The number of carbonyl (C=O) groups is 3. The Hall–Kier alpha value is -2.30. The lowest BCUT2D eigenvalue weighted by Crippen LogP contribution is -2.30. The first-order valence-electron chi connectivity index (χ1n) is 31.9. The third-order valence-corrected chi connectivity index (χ3v) is 15.0. The molecule has 0 fully saturated rings. The molecule has 12 heteroatoms. The van der Waals surface area contributed by atoms with Crippen LogP contribution in [0.2, 0.25) is 0 Å². The van der Waals surface area contributed by atoms with Crippen LogP contribution in [0.3, 0.4) is 0 Å². The van der Waals surface area contributed by atoms with Gasteiger partial charge in [0.2, 0.25) is 0 Å². The summed E-state index contributed by atoms with van der Waals surface area (Å²) in [6, 6.07) is 0. The number of allylic oxidation sites excluding steroid dienone is 6. The molecular formula is C64H119O11P. The fraction of sp³-hybridized carbons (Fsp3) is 0.859. The predicted octanol–water partition coefficient (Wildman–Crippen LogP) is 19.2. The van der Waals surface area contributed by atoms with Crippen molar-refractivity contribution in [3.8, 4) is 0 Å². The average Bonchev–Trinajstić information content (AvgIpc) is 3.41. The van der Waals surface area contributed by atoms with E-state index in [4.69, 9.17) is 23.3 Å². The lowest BCUT2D eigenvalue weighted by molar-refractivity contribution is -0.161. The molecule has 0 aliphatic rings. The Morgan fingerprint density at radius 2 is 0.618 bits per heavy atom. The van der Waals surface area contributed by atoms with Gasteiger partial charge in [-0.05, 0) is 89.9 Å². The highest BCUT2D eigenvalue weighted by Gasteiger charge is 2.28. The second-order valence-corrected chi connectivity index (χ2v) is 23.0. The van der Waals surface area contributed by atoms with Crippen molar-refractivity contribution in [3.63, 3.8) is 0 Å². The molecule has 76 heavy (non-hydrogen) atoms. The Labute approximate surface area is 467 Å². The molecule has 446 valence electrons. The van der Waals surface area contributed by atoms with Crippen LogP contribution in [-0.2, 0) is 42.2 Å². The number of unbranched alkanes of at least 4 members (excludes halogenated alkanes) is 37. The van der Waals surface area contributed by atoms with Crippen molar-refractivity contribution >= 4 is 25.7 Å². The molecule has 3 atom stereocenters. The summed E-state index contributed by atoms with van der Waals surface area (Å²) in [5, 5.41) is 9.81. The minimum absolute atomic E-state index is 0.168. The van der Waals surface area contributed by atoms with Gasteiger partial charge in [-0.25, -0.2) is 4.57 Å². The van der Waals surface area contributed by atoms with Gasteiger partial charge in [0.1, 0.15) is 12.7 Å². The minimum atomic E-state index is -4.75. The number of phosphoric acid groups is 1. The van der Waals surface area contributed by atoms with E-state index in [2.05, 4.69) is 57.2 Å². The second-order valence-electron chi connectivity index (χ2n) is 21.6. The molecule has 0 rings (SSSR count). The van der Waals surface area contributed by atoms with Gasteiger partial charge in [0.25, 0.3) is 0 Å². The third-order valence-electron chi connectivity index (χ3n) is 14.0. The van der Waals surface area contributed by atoms with Crippen LogP contribution in [0.5, 0.6) is 0 Å². The largest absolute Gasteiger partial charge is 0.472 e. The molecule has 0 amide bonds. The fourth-order valence-electron chi connectivity index (χ4n) is 9.09. The maximum atomic E-state index is 12.9. The number of phosphoric ester groups is 1. The van der Waals surface area contributed by atoms with Crippen LogP contribution in [0.4, 0.5) is 0 Å². The third kappa shape index (κ3) is 56.4. The summed E-state index contributed by atoms with van der Waals surface area (Å²) in [6.07, 6.45) is 62.5. The summed E-state index contributed by atoms with van der Waals surface area (Å²) in [7, 11) is -4.75. The van der Waals surface area contributed by atoms with Crippen LogP contribution in [0.25, 0.3) is 0 Å². The normalized spacial score (nSPS) is 13.5. The highest BCUT2D eigenvalue weighted by Crippen LogP contribution is 2.43. The van der Waals surface area contributed by atoms with Gasteiger partial charge in [-0.3, -0.25) is 23.4 Å². The van der Waals surface area contributed by atoms with Gasteiger partial charge in [0.05, 0.1) is 19.8 Å².